The van der Waals surface area contributed by atoms with E-state index in [1.54, 1.807) is 6.20 Å². The number of amides is 1. The van der Waals surface area contributed by atoms with Crippen LogP contribution in [-0.2, 0) is 11.3 Å². The van der Waals surface area contributed by atoms with E-state index in [4.69, 9.17) is 10.5 Å². The molecule has 0 unspecified atom stereocenters. The number of aryl methyl sites for hydroxylation is 1. The molecule has 0 atom stereocenters. The normalized spacial score (nSPS) is 14.6. The van der Waals surface area contributed by atoms with Gasteiger partial charge in [0.25, 0.3) is 5.91 Å². The van der Waals surface area contributed by atoms with E-state index in [0.29, 0.717) is 17.3 Å². The maximum Gasteiger partial charge on any atom is 0.255 e. The minimum atomic E-state index is -0.150. The fourth-order valence-corrected chi connectivity index (χ4v) is 3.83. The molecular weight excluding hydrogens is 392 g/mol. The van der Waals surface area contributed by atoms with Crippen LogP contribution in [0.5, 0.6) is 0 Å². The van der Waals surface area contributed by atoms with Gasteiger partial charge in [-0.15, -0.1) is 0 Å². The quantitative estimate of drug-likeness (QED) is 0.514. The van der Waals surface area contributed by atoms with E-state index < -0.39 is 0 Å². The minimum Gasteiger partial charge on any atom is -0.381 e. The molecular formula is C23H30N6O2. The van der Waals surface area contributed by atoms with Crippen LogP contribution in [0.3, 0.4) is 0 Å². The molecule has 8 nitrogen and oxygen atoms in total. The Balaban J connectivity index is 1.38. The molecule has 3 aromatic rings. The summed E-state index contributed by atoms with van der Waals surface area (Å²) in [4.78, 5) is 12.8. The van der Waals surface area contributed by atoms with E-state index in [9.17, 15) is 4.79 Å². The summed E-state index contributed by atoms with van der Waals surface area (Å²) in [5.74, 6) is -0.150. The lowest BCUT2D eigenvalue weighted by molar-refractivity contribution is 0.0662. The molecule has 3 heterocycles. The largest absolute Gasteiger partial charge is 0.381 e. The van der Waals surface area contributed by atoms with Gasteiger partial charge in [0, 0.05) is 43.3 Å². The highest BCUT2D eigenvalue weighted by Gasteiger charge is 2.17. The van der Waals surface area contributed by atoms with Crippen molar-refractivity contribution >= 4 is 11.6 Å². The molecule has 1 aliphatic rings. The van der Waals surface area contributed by atoms with Crippen molar-refractivity contribution in [2.45, 2.75) is 44.7 Å². The molecule has 1 saturated heterocycles. The van der Waals surface area contributed by atoms with Gasteiger partial charge in [-0.3, -0.25) is 14.2 Å². The van der Waals surface area contributed by atoms with Gasteiger partial charge in [0.15, 0.2) is 0 Å². The predicted octanol–water partition coefficient (Wildman–Crippen LogP) is 3.48. The van der Waals surface area contributed by atoms with E-state index in [1.165, 1.54) is 0 Å². The third-order valence-corrected chi connectivity index (χ3v) is 5.61. The Bertz CT molecular complexity index is 989. The van der Waals surface area contributed by atoms with Crippen LogP contribution in [0.2, 0.25) is 0 Å². The number of carbonyl (C=O) groups excluding carboxylic acids is 1. The molecule has 3 N–H and O–H groups in total. The number of nitrogens with one attached hydrogen (secondary N) is 1. The Morgan fingerprint density at radius 1 is 1.10 bits per heavy atom. The Kier molecular flexibility index (Phi) is 7.11. The molecule has 2 aromatic heterocycles. The molecule has 8 heteroatoms. The van der Waals surface area contributed by atoms with Crippen LogP contribution < -0.4 is 11.1 Å². The maximum atomic E-state index is 12.8. The monoisotopic (exact) mass is 422 g/mol. The molecule has 31 heavy (non-hydrogen) atoms. The zero-order valence-corrected chi connectivity index (χ0v) is 17.7. The zero-order valence-electron chi connectivity index (χ0n) is 17.7. The van der Waals surface area contributed by atoms with Crippen LogP contribution in [0.25, 0.3) is 11.1 Å². The van der Waals surface area contributed by atoms with Gasteiger partial charge in [0.2, 0.25) is 0 Å². The van der Waals surface area contributed by atoms with Crippen LogP contribution in [-0.4, -0.2) is 45.2 Å². The number of aromatic nitrogens is 4. The SMILES string of the molecule is NCCCCCn1cc(-c2cccc(C(=O)Nc3cnn(C4CCOCC4)c3)c2)cn1. The third-order valence-electron chi connectivity index (χ3n) is 5.61. The Labute approximate surface area is 182 Å². The van der Waals surface area contributed by atoms with Crippen molar-refractivity contribution in [2.75, 3.05) is 25.1 Å². The topological polar surface area (TPSA) is 100.0 Å². The summed E-state index contributed by atoms with van der Waals surface area (Å²) in [6, 6.07) is 7.94. The maximum absolute atomic E-state index is 12.8. The Morgan fingerprint density at radius 3 is 2.81 bits per heavy atom. The molecule has 0 spiro atoms. The predicted molar refractivity (Wildman–Crippen MR) is 120 cm³/mol. The van der Waals surface area contributed by atoms with Crippen LogP contribution in [0.4, 0.5) is 5.69 Å². The Hall–Kier alpha value is -2.97. The molecule has 1 fully saturated rings. The molecule has 0 saturated carbocycles. The average molecular weight is 423 g/mol. The molecule has 1 aliphatic heterocycles. The molecule has 0 radical (unpaired) electrons. The first kappa shape index (κ1) is 21.3. The molecule has 1 amide bonds. The van der Waals surface area contributed by atoms with Gasteiger partial charge in [0.05, 0.1) is 24.1 Å². The number of ether oxygens (including phenoxy) is 1. The minimum absolute atomic E-state index is 0.150. The smallest absolute Gasteiger partial charge is 0.255 e. The average Bonchev–Trinajstić information content (AvgIpc) is 3.47. The van der Waals surface area contributed by atoms with Crippen LogP contribution >= 0.6 is 0 Å². The number of rotatable bonds is 9. The van der Waals surface area contributed by atoms with E-state index in [-0.39, 0.29) is 5.91 Å². The van der Waals surface area contributed by atoms with E-state index >= 15 is 0 Å². The lowest BCUT2D eigenvalue weighted by atomic mass is 10.1. The van der Waals surface area contributed by atoms with Crippen molar-refractivity contribution in [2.24, 2.45) is 5.73 Å². The highest BCUT2D eigenvalue weighted by atomic mass is 16.5. The molecule has 0 bridgehead atoms. The van der Waals surface area contributed by atoms with Crippen molar-refractivity contribution in [1.82, 2.24) is 19.6 Å². The summed E-state index contributed by atoms with van der Waals surface area (Å²) in [6.45, 7) is 3.11. The summed E-state index contributed by atoms with van der Waals surface area (Å²) in [5, 5.41) is 11.8. The molecule has 4 rings (SSSR count). The summed E-state index contributed by atoms with van der Waals surface area (Å²) in [6.07, 6.45) is 12.6. The highest BCUT2D eigenvalue weighted by Crippen LogP contribution is 2.23. The van der Waals surface area contributed by atoms with E-state index in [2.05, 4.69) is 15.5 Å². The summed E-state index contributed by atoms with van der Waals surface area (Å²) < 4.78 is 9.28. The number of hydrogen-bond donors (Lipinski definition) is 2. The van der Waals surface area contributed by atoms with Gasteiger partial charge in [0.1, 0.15) is 0 Å². The van der Waals surface area contributed by atoms with E-state index in [0.717, 1.165) is 69.5 Å². The van der Waals surface area contributed by atoms with Crippen LogP contribution in [0.15, 0.2) is 49.1 Å². The Morgan fingerprint density at radius 2 is 1.97 bits per heavy atom. The number of anilines is 1. The molecule has 0 aliphatic carbocycles. The first-order chi connectivity index (χ1) is 15.2. The van der Waals surface area contributed by atoms with Crippen molar-refractivity contribution in [3.63, 3.8) is 0 Å². The van der Waals surface area contributed by atoms with Crippen molar-refractivity contribution < 1.29 is 9.53 Å². The summed E-state index contributed by atoms with van der Waals surface area (Å²) in [5.41, 5.74) is 8.82. The first-order valence-electron chi connectivity index (χ1n) is 11.0. The van der Waals surface area contributed by atoms with Gasteiger partial charge in [-0.1, -0.05) is 18.6 Å². The number of nitrogens with zero attached hydrogens (tertiary/aromatic N) is 4. The van der Waals surface area contributed by atoms with Crippen molar-refractivity contribution in [1.29, 1.82) is 0 Å². The van der Waals surface area contributed by atoms with Crippen LogP contribution in [0, 0.1) is 0 Å². The fourth-order valence-electron chi connectivity index (χ4n) is 3.83. The van der Waals surface area contributed by atoms with Gasteiger partial charge in [-0.25, -0.2) is 0 Å². The van der Waals surface area contributed by atoms with Gasteiger partial charge >= 0.3 is 0 Å². The highest BCUT2D eigenvalue weighted by molar-refractivity contribution is 6.04. The number of nitrogens with two attached hydrogens (primary N) is 1. The second kappa shape index (κ2) is 10.4. The summed E-state index contributed by atoms with van der Waals surface area (Å²) in [7, 11) is 0. The number of hydrogen-bond acceptors (Lipinski definition) is 5. The van der Waals surface area contributed by atoms with Gasteiger partial charge < -0.3 is 15.8 Å². The van der Waals surface area contributed by atoms with Crippen LogP contribution in [0.1, 0.15) is 48.5 Å². The van der Waals surface area contributed by atoms with Gasteiger partial charge in [-0.05, 0) is 49.9 Å². The lowest BCUT2D eigenvalue weighted by Gasteiger charge is -2.22. The second-order valence-corrected chi connectivity index (χ2v) is 7.93. The van der Waals surface area contributed by atoms with Gasteiger partial charge in [-0.2, -0.15) is 10.2 Å². The summed E-state index contributed by atoms with van der Waals surface area (Å²) >= 11 is 0. The lowest BCUT2D eigenvalue weighted by Crippen LogP contribution is -2.19. The number of unbranched alkanes of at least 4 members (excludes halogenated alkanes) is 2. The zero-order chi connectivity index (χ0) is 21.5. The fraction of sp³-hybridized carbons (Fsp3) is 0.435. The molecule has 164 valence electrons. The standard InChI is InChI=1S/C23H30N6O2/c24-9-2-1-3-10-28-16-20(14-25-28)18-5-4-6-19(13-18)23(30)27-21-15-26-29(17-21)22-7-11-31-12-8-22/h4-6,13-17,22H,1-3,7-12,24H2,(H,27,30). The third kappa shape index (κ3) is 5.59. The second-order valence-electron chi connectivity index (χ2n) is 7.93. The number of carbonyl (C=O) groups is 1. The molecule has 1 aromatic carbocycles. The first-order valence-corrected chi connectivity index (χ1v) is 11.0. The van der Waals surface area contributed by atoms with E-state index in [1.807, 2.05) is 52.2 Å². The van der Waals surface area contributed by atoms with Crippen molar-refractivity contribution in [3.05, 3.63) is 54.6 Å². The van der Waals surface area contributed by atoms with Crippen molar-refractivity contribution in [3.8, 4) is 11.1 Å². The number of benzene rings is 1.